The van der Waals surface area contributed by atoms with Crippen LogP contribution in [0.25, 0.3) is 0 Å². The molecule has 7 nitrogen and oxygen atoms in total. The lowest BCUT2D eigenvalue weighted by molar-refractivity contribution is -0.0220. The third-order valence-electron chi connectivity index (χ3n) is 5.51. The van der Waals surface area contributed by atoms with E-state index in [1.807, 2.05) is 6.92 Å². The second-order valence-electron chi connectivity index (χ2n) is 7.94. The van der Waals surface area contributed by atoms with E-state index in [1.54, 1.807) is 12.1 Å². The second kappa shape index (κ2) is 11.6. The van der Waals surface area contributed by atoms with Crippen LogP contribution in [0.1, 0.15) is 44.6 Å². The molecule has 162 valence electrons. The van der Waals surface area contributed by atoms with Gasteiger partial charge in [0.1, 0.15) is 0 Å². The van der Waals surface area contributed by atoms with Crippen molar-refractivity contribution in [1.29, 1.82) is 5.41 Å². The number of rotatable bonds is 5. The Hall–Kier alpha value is -1.57. The summed E-state index contributed by atoms with van der Waals surface area (Å²) in [5, 5.41) is 7.15. The molecule has 1 aromatic carbocycles. The van der Waals surface area contributed by atoms with Crippen LogP contribution in [0.15, 0.2) is 34.2 Å². The molecule has 2 fully saturated rings. The molecule has 2 N–H and O–H groups in total. The average Bonchev–Trinajstić information content (AvgIpc) is 2.69. The van der Waals surface area contributed by atoms with Gasteiger partial charge in [0.25, 0.3) is 10.1 Å². The molecule has 1 saturated heterocycles. The van der Waals surface area contributed by atoms with E-state index in [0.29, 0.717) is 12.0 Å². The lowest BCUT2D eigenvalue weighted by atomic mass is 9.84. The Bertz CT molecular complexity index is 770. The minimum absolute atomic E-state index is 0.0666. The molecule has 0 radical (unpaired) electrons. The monoisotopic (exact) mass is 423 g/mol. The van der Waals surface area contributed by atoms with E-state index < -0.39 is 10.1 Å². The summed E-state index contributed by atoms with van der Waals surface area (Å²) in [7, 11) is -4.02. The summed E-state index contributed by atoms with van der Waals surface area (Å²) in [6.07, 6.45) is 6.90. The Morgan fingerprint density at radius 2 is 1.93 bits per heavy atom. The van der Waals surface area contributed by atoms with Crippen LogP contribution in [0.3, 0.4) is 0 Å². The van der Waals surface area contributed by atoms with Crippen LogP contribution in [-0.4, -0.2) is 62.3 Å². The maximum Gasteiger partial charge on any atom is 0.294 e. The molecule has 1 aliphatic carbocycles. The van der Waals surface area contributed by atoms with Crippen molar-refractivity contribution in [3.05, 3.63) is 29.8 Å². The van der Waals surface area contributed by atoms with E-state index in [1.165, 1.54) is 44.2 Å². The minimum atomic E-state index is -4.02. The number of nitrogens with zero attached hydrogens (tertiary/aromatic N) is 2. The van der Waals surface area contributed by atoms with Crippen LogP contribution in [0.2, 0.25) is 0 Å². The van der Waals surface area contributed by atoms with E-state index in [2.05, 4.69) is 22.8 Å². The SMILES string of the molecule is CC1CN(CC(N=C=N)C2CCCCC2)CCO1.Cc1ccc(S(=O)(=O)O)cc1. The molecule has 29 heavy (non-hydrogen) atoms. The van der Waals surface area contributed by atoms with E-state index in [9.17, 15) is 8.42 Å². The summed E-state index contributed by atoms with van der Waals surface area (Å²) < 4.78 is 35.1. The zero-order valence-corrected chi connectivity index (χ0v) is 18.2. The molecule has 1 saturated carbocycles. The summed E-state index contributed by atoms with van der Waals surface area (Å²) in [5.74, 6) is 0.662. The number of aryl methyl sites for hydroxylation is 1. The Balaban J connectivity index is 0.000000234. The topological polar surface area (TPSA) is 103 Å². The van der Waals surface area contributed by atoms with Gasteiger partial charge in [-0.15, -0.1) is 0 Å². The van der Waals surface area contributed by atoms with Gasteiger partial charge in [-0.2, -0.15) is 8.42 Å². The van der Waals surface area contributed by atoms with E-state index >= 15 is 0 Å². The van der Waals surface area contributed by atoms with Crippen molar-refractivity contribution >= 4 is 16.1 Å². The van der Waals surface area contributed by atoms with Crippen molar-refractivity contribution in [2.24, 2.45) is 10.9 Å². The van der Waals surface area contributed by atoms with E-state index in [0.717, 1.165) is 31.8 Å². The Labute approximate surface area is 174 Å². The fourth-order valence-electron chi connectivity index (χ4n) is 3.93. The standard InChI is InChI=1S/C14H25N3O.C7H8O3S/c1-12-9-17(7-8-18-12)10-14(16-11-15)13-5-3-2-4-6-13;1-6-2-4-7(5-3-6)11(8,9)10/h12-15H,2-10H2,1H3;2-5H,1H3,(H,8,9,10). The lowest BCUT2D eigenvalue weighted by Gasteiger charge is -2.35. The van der Waals surface area contributed by atoms with Crippen molar-refractivity contribution in [3.8, 4) is 0 Å². The van der Waals surface area contributed by atoms with Gasteiger partial charge in [0.2, 0.25) is 0 Å². The van der Waals surface area contributed by atoms with Crippen molar-refractivity contribution < 1.29 is 17.7 Å². The first-order valence-electron chi connectivity index (χ1n) is 10.3. The summed E-state index contributed by atoms with van der Waals surface area (Å²) in [6, 6.07) is 8.54. The van der Waals surface area contributed by atoms with Gasteiger partial charge in [0.05, 0.1) is 29.7 Å². The van der Waals surface area contributed by atoms with Crippen LogP contribution < -0.4 is 0 Å². The molecule has 2 atom stereocenters. The maximum absolute atomic E-state index is 10.5. The van der Waals surface area contributed by atoms with Gasteiger partial charge in [-0.05, 0) is 44.7 Å². The third-order valence-corrected chi connectivity index (χ3v) is 6.38. The normalized spacial score (nSPS) is 22.1. The fourth-order valence-corrected chi connectivity index (χ4v) is 4.41. The number of hydrogen-bond acceptors (Lipinski definition) is 6. The van der Waals surface area contributed by atoms with Crippen molar-refractivity contribution in [2.75, 3.05) is 26.2 Å². The third kappa shape index (κ3) is 8.36. The van der Waals surface area contributed by atoms with Crippen molar-refractivity contribution in [3.63, 3.8) is 0 Å². The van der Waals surface area contributed by atoms with Crippen LogP contribution in [-0.2, 0) is 14.9 Å². The van der Waals surface area contributed by atoms with Crippen LogP contribution in [0.4, 0.5) is 0 Å². The molecule has 8 heteroatoms. The predicted molar refractivity (Wildman–Crippen MR) is 113 cm³/mol. The van der Waals surface area contributed by atoms with E-state index in [-0.39, 0.29) is 10.9 Å². The van der Waals surface area contributed by atoms with Gasteiger partial charge in [-0.3, -0.25) is 9.45 Å². The molecule has 2 unspecified atom stereocenters. The molecule has 2 aliphatic rings. The molecule has 3 rings (SSSR count). The fraction of sp³-hybridized carbons (Fsp3) is 0.667. The zero-order chi connectivity index (χ0) is 21.3. The predicted octanol–water partition coefficient (Wildman–Crippen LogP) is 3.65. The number of benzene rings is 1. The summed E-state index contributed by atoms with van der Waals surface area (Å²) in [4.78, 5) is 6.67. The van der Waals surface area contributed by atoms with Gasteiger partial charge in [-0.25, -0.2) is 10.4 Å². The quantitative estimate of drug-likeness (QED) is 0.556. The molecule has 0 spiro atoms. The van der Waals surface area contributed by atoms with Gasteiger partial charge < -0.3 is 4.74 Å². The molecule has 1 aliphatic heterocycles. The first-order chi connectivity index (χ1) is 13.8. The van der Waals surface area contributed by atoms with Crippen LogP contribution in [0, 0.1) is 18.3 Å². The number of nitrogens with one attached hydrogen (secondary N) is 1. The molecule has 0 bridgehead atoms. The number of morpholine rings is 1. The van der Waals surface area contributed by atoms with Gasteiger partial charge in [0, 0.05) is 19.6 Å². The highest BCUT2D eigenvalue weighted by Gasteiger charge is 2.27. The van der Waals surface area contributed by atoms with Crippen LogP contribution in [0.5, 0.6) is 0 Å². The Kier molecular flexibility index (Phi) is 9.46. The largest absolute Gasteiger partial charge is 0.376 e. The zero-order valence-electron chi connectivity index (χ0n) is 17.4. The molecule has 0 aromatic heterocycles. The molecule has 1 aromatic rings. The average molecular weight is 424 g/mol. The maximum atomic E-state index is 10.5. The number of hydrogen-bond donors (Lipinski definition) is 2. The smallest absolute Gasteiger partial charge is 0.294 e. The van der Waals surface area contributed by atoms with Crippen LogP contribution >= 0.6 is 0 Å². The number of aliphatic imine (C=N–C) groups is 1. The Morgan fingerprint density at radius 1 is 1.28 bits per heavy atom. The van der Waals surface area contributed by atoms with Gasteiger partial charge >= 0.3 is 0 Å². The van der Waals surface area contributed by atoms with Crippen molar-refractivity contribution in [2.45, 2.75) is 63.0 Å². The first-order valence-corrected chi connectivity index (χ1v) is 11.7. The second-order valence-corrected chi connectivity index (χ2v) is 9.36. The van der Waals surface area contributed by atoms with Crippen molar-refractivity contribution in [1.82, 2.24) is 4.90 Å². The summed E-state index contributed by atoms with van der Waals surface area (Å²) in [5.41, 5.74) is 0.956. The molecule has 1 heterocycles. The van der Waals surface area contributed by atoms with Gasteiger partial charge in [-0.1, -0.05) is 37.0 Å². The summed E-state index contributed by atoms with van der Waals surface area (Å²) >= 11 is 0. The highest BCUT2D eigenvalue weighted by molar-refractivity contribution is 7.85. The highest BCUT2D eigenvalue weighted by atomic mass is 32.2. The minimum Gasteiger partial charge on any atom is -0.376 e. The Morgan fingerprint density at radius 3 is 2.48 bits per heavy atom. The molecular weight excluding hydrogens is 390 g/mol. The molecular formula is C21H33N3O4S. The molecule has 0 amide bonds. The highest BCUT2D eigenvalue weighted by Crippen LogP contribution is 2.28. The lowest BCUT2D eigenvalue weighted by Crippen LogP contribution is -2.45. The summed E-state index contributed by atoms with van der Waals surface area (Å²) in [6.45, 7) is 7.77. The first kappa shape index (κ1) is 23.7. The van der Waals surface area contributed by atoms with E-state index in [4.69, 9.17) is 14.7 Å². The van der Waals surface area contributed by atoms with Gasteiger partial charge in [0.15, 0.2) is 0 Å². The number of ether oxygens (including phenoxy) is 1.